The van der Waals surface area contributed by atoms with Crippen molar-refractivity contribution in [3.05, 3.63) is 0 Å². The van der Waals surface area contributed by atoms with Gasteiger partial charge in [-0.05, 0) is 19.5 Å². The van der Waals surface area contributed by atoms with Crippen molar-refractivity contribution in [2.24, 2.45) is 5.92 Å². The predicted molar refractivity (Wildman–Crippen MR) is 72.4 cm³/mol. The van der Waals surface area contributed by atoms with E-state index in [0.717, 1.165) is 52.2 Å². The van der Waals surface area contributed by atoms with Gasteiger partial charge in [0.2, 0.25) is 5.91 Å². The fraction of sp³-hybridized carbons (Fsp3) is 0.923. The van der Waals surface area contributed by atoms with E-state index in [4.69, 9.17) is 5.11 Å². The third-order valence-corrected chi connectivity index (χ3v) is 3.44. The normalized spacial score (nSPS) is 19.6. The number of carbonyl (C=O) groups excluding carboxylic acids is 1. The lowest BCUT2D eigenvalue weighted by atomic mass is 10.1. The zero-order chi connectivity index (χ0) is 13.4. The van der Waals surface area contributed by atoms with Crippen LogP contribution in [-0.4, -0.2) is 73.2 Å². The molecule has 1 atom stereocenters. The fourth-order valence-electron chi connectivity index (χ4n) is 2.32. The van der Waals surface area contributed by atoms with Gasteiger partial charge in [0.05, 0.1) is 6.61 Å². The average Bonchev–Trinajstić information content (AvgIpc) is 2.61. The van der Waals surface area contributed by atoms with Crippen LogP contribution in [0.5, 0.6) is 0 Å². The van der Waals surface area contributed by atoms with E-state index < -0.39 is 0 Å². The van der Waals surface area contributed by atoms with E-state index in [9.17, 15) is 4.79 Å². The van der Waals surface area contributed by atoms with Gasteiger partial charge in [-0.3, -0.25) is 9.69 Å². The van der Waals surface area contributed by atoms with Crippen LogP contribution in [0.15, 0.2) is 0 Å². The molecule has 5 nitrogen and oxygen atoms in total. The lowest BCUT2D eigenvalue weighted by molar-refractivity contribution is -0.134. The molecule has 0 bridgehead atoms. The number of aliphatic hydroxyl groups is 1. The lowest BCUT2D eigenvalue weighted by Crippen LogP contribution is -2.41. The van der Waals surface area contributed by atoms with Crippen molar-refractivity contribution in [3.8, 4) is 0 Å². The summed E-state index contributed by atoms with van der Waals surface area (Å²) in [5.74, 6) is 0.302. The number of β-amino-alcohol motifs (C(OH)–C–C–N with tert-alkyl or cyclic N) is 1. The van der Waals surface area contributed by atoms with Crippen LogP contribution >= 0.6 is 0 Å². The van der Waals surface area contributed by atoms with E-state index in [1.807, 2.05) is 11.8 Å². The molecule has 1 amide bonds. The molecular formula is C13H27N3O2. The van der Waals surface area contributed by atoms with Gasteiger partial charge >= 0.3 is 0 Å². The fourth-order valence-corrected chi connectivity index (χ4v) is 2.32. The molecule has 0 aromatic rings. The van der Waals surface area contributed by atoms with Gasteiger partial charge in [-0.1, -0.05) is 13.8 Å². The van der Waals surface area contributed by atoms with Crippen molar-refractivity contribution in [3.63, 3.8) is 0 Å². The number of amides is 1. The number of nitrogens with zero attached hydrogens (tertiary/aromatic N) is 2. The average molecular weight is 257 g/mol. The topological polar surface area (TPSA) is 55.8 Å². The number of rotatable bonds is 6. The summed E-state index contributed by atoms with van der Waals surface area (Å²) < 4.78 is 0. The Labute approximate surface area is 110 Å². The Hall–Kier alpha value is -0.650. The number of hydrogen-bond acceptors (Lipinski definition) is 4. The molecule has 1 saturated heterocycles. The molecule has 0 aromatic heterocycles. The molecule has 1 fully saturated rings. The molecule has 106 valence electrons. The first kappa shape index (κ1) is 15.4. The number of hydrogen-bond donors (Lipinski definition) is 2. The molecule has 0 aliphatic carbocycles. The summed E-state index contributed by atoms with van der Waals surface area (Å²) in [4.78, 5) is 16.4. The van der Waals surface area contributed by atoms with Crippen LogP contribution in [0.25, 0.3) is 0 Å². The van der Waals surface area contributed by atoms with Gasteiger partial charge < -0.3 is 15.3 Å². The van der Waals surface area contributed by atoms with Crippen molar-refractivity contribution < 1.29 is 9.90 Å². The second-order valence-electron chi connectivity index (χ2n) is 4.95. The van der Waals surface area contributed by atoms with Crippen LogP contribution in [0.2, 0.25) is 0 Å². The predicted octanol–water partition coefficient (Wildman–Crippen LogP) is -0.241. The van der Waals surface area contributed by atoms with Gasteiger partial charge in [-0.15, -0.1) is 0 Å². The van der Waals surface area contributed by atoms with Crippen LogP contribution in [-0.2, 0) is 4.79 Å². The molecule has 1 heterocycles. The van der Waals surface area contributed by atoms with E-state index in [1.165, 1.54) is 0 Å². The largest absolute Gasteiger partial charge is 0.395 e. The molecule has 0 saturated carbocycles. The maximum atomic E-state index is 12.2. The standard InChI is InChI=1S/C13H27N3O2/c1-3-14-11-12(2)13(18)16-6-4-5-15(7-8-16)9-10-17/h12,14,17H,3-11H2,1-2H3. The molecule has 1 rings (SSSR count). The molecule has 0 radical (unpaired) electrons. The van der Waals surface area contributed by atoms with Crippen molar-refractivity contribution >= 4 is 5.91 Å². The highest BCUT2D eigenvalue weighted by molar-refractivity contribution is 5.78. The quantitative estimate of drug-likeness (QED) is 0.689. The van der Waals surface area contributed by atoms with Crippen LogP contribution < -0.4 is 5.32 Å². The molecule has 1 unspecified atom stereocenters. The van der Waals surface area contributed by atoms with E-state index in [0.29, 0.717) is 0 Å². The third-order valence-electron chi connectivity index (χ3n) is 3.44. The van der Waals surface area contributed by atoms with E-state index >= 15 is 0 Å². The second-order valence-corrected chi connectivity index (χ2v) is 4.95. The molecule has 2 N–H and O–H groups in total. The molecule has 1 aliphatic rings. The first-order valence-corrected chi connectivity index (χ1v) is 7.01. The highest BCUT2D eigenvalue weighted by Crippen LogP contribution is 2.07. The van der Waals surface area contributed by atoms with Gasteiger partial charge in [0, 0.05) is 38.6 Å². The van der Waals surface area contributed by atoms with Crippen LogP contribution in [0.3, 0.4) is 0 Å². The van der Waals surface area contributed by atoms with E-state index in [2.05, 4.69) is 17.1 Å². The Kier molecular flexibility index (Phi) is 7.23. The van der Waals surface area contributed by atoms with Crippen LogP contribution in [0, 0.1) is 5.92 Å². The Bertz CT molecular complexity index is 248. The van der Waals surface area contributed by atoms with E-state index in [1.54, 1.807) is 0 Å². The summed E-state index contributed by atoms with van der Waals surface area (Å²) in [7, 11) is 0. The second kappa shape index (κ2) is 8.45. The van der Waals surface area contributed by atoms with Gasteiger partial charge in [0.25, 0.3) is 0 Å². The van der Waals surface area contributed by atoms with Crippen molar-refractivity contribution in [2.45, 2.75) is 20.3 Å². The highest BCUT2D eigenvalue weighted by Gasteiger charge is 2.22. The van der Waals surface area contributed by atoms with E-state index in [-0.39, 0.29) is 18.4 Å². The molecular weight excluding hydrogens is 230 g/mol. The minimum atomic E-state index is 0.0503. The molecule has 1 aliphatic heterocycles. The van der Waals surface area contributed by atoms with Crippen molar-refractivity contribution in [2.75, 3.05) is 52.4 Å². The molecule has 18 heavy (non-hydrogen) atoms. The Balaban J connectivity index is 2.39. The monoisotopic (exact) mass is 257 g/mol. The van der Waals surface area contributed by atoms with Crippen LogP contribution in [0.4, 0.5) is 0 Å². The zero-order valence-electron chi connectivity index (χ0n) is 11.7. The molecule has 0 aromatic carbocycles. The number of aliphatic hydroxyl groups excluding tert-OH is 1. The van der Waals surface area contributed by atoms with Gasteiger partial charge in [0.15, 0.2) is 0 Å². The third kappa shape index (κ3) is 4.92. The maximum absolute atomic E-state index is 12.2. The smallest absolute Gasteiger partial charge is 0.226 e. The number of carbonyl (C=O) groups is 1. The minimum absolute atomic E-state index is 0.0503. The van der Waals surface area contributed by atoms with Gasteiger partial charge in [-0.25, -0.2) is 0 Å². The Morgan fingerprint density at radius 2 is 2.11 bits per heavy atom. The summed E-state index contributed by atoms with van der Waals surface area (Å²) in [6.07, 6.45) is 1.000. The SMILES string of the molecule is CCNCC(C)C(=O)N1CCCN(CCO)CC1. The summed E-state index contributed by atoms with van der Waals surface area (Å²) in [5, 5.41) is 12.2. The lowest BCUT2D eigenvalue weighted by Gasteiger charge is -2.24. The maximum Gasteiger partial charge on any atom is 0.226 e. The first-order chi connectivity index (χ1) is 8.69. The summed E-state index contributed by atoms with van der Waals surface area (Å²) in [6, 6.07) is 0. The van der Waals surface area contributed by atoms with Crippen molar-refractivity contribution in [1.29, 1.82) is 0 Å². The first-order valence-electron chi connectivity index (χ1n) is 7.01. The van der Waals surface area contributed by atoms with Gasteiger partial charge in [-0.2, -0.15) is 0 Å². The Morgan fingerprint density at radius 3 is 2.78 bits per heavy atom. The number of nitrogens with one attached hydrogen (secondary N) is 1. The summed E-state index contributed by atoms with van der Waals surface area (Å²) in [5.41, 5.74) is 0. The molecule has 0 spiro atoms. The zero-order valence-corrected chi connectivity index (χ0v) is 11.7. The van der Waals surface area contributed by atoms with Crippen molar-refractivity contribution in [1.82, 2.24) is 15.1 Å². The van der Waals surface area contributed by atoms with Crippen LogP contribution in [0.1, 0.15) is 20.3 Å². The summed E-state index contributed by atoms with van der Waals surface area (Å²) in [6.45, 7) is 10.1. The minimum Gasteiger partial charge on any atom is -0.395 e. The van der Waals surface area contributed by atoms with Gasteiger partial charge in [0.1, 0.15) is 0 Å². The highest BCUT2D eigenvalue weighted by atomic mass is 16.3. The Morgan fingerprint density at radius 1 is 1.33 bits per heavy atom. The molecule has 5 heteroatoms. The summed E-state index contributed by atoms with van der Waals surface area (Å²) >= 11 is 0.